The zero-order valence-corrected chi connectivity index (χ0v) is 15.4. The summed E-state index contributed by atoms with van der Waals surface area (Å²) in [6.07, 6.45) is 2.84. The minimum absolute atomic E-state index is 0.166. The number of benzene rings is 2. The van der Waals surface area contributed by atoms with Crippen LogP contribution in [0.2, 0.25) is 0 Å². The molecule has 0 unspecified atom stereocenters. The van der Waals surface area contributed by atoms with Gasteiger partial charge in [0.25, 0.3) is 5.91 Å². The van der Waals surface area contributed by atoms with Crippen LogP contribution in [0.15, 0.2) is 66.9 Å². The minimum atomic E-state index is -0.166. The van der Waals surface area contributed by atoms with Crippen LogP contribution in [-0.2, 0) is 19.5 Å². The quantitative estimate of drug-likeness (QED) is 0.766. The topological polar surface area (TPSA) is 69.0 Å². The molecule has 28 heavy (non-hydrogen) atoms. The first-order valence-electron chi connectivity index (χ1n) is 9.28. The maximum Gasteiger partial charge on any atom is 0.251 e. The zero-order valence-electron chi connectivity index (χ0n) is 15.4. The summed E-state index contributed by atoms with van der Waals surface area (Å²) in [7, 11) is 0. The summed E-state index contributed by atoms with van der Waals surface area (Å²) in [5, 5.41) is 11.7. The summed E-state index contributed by atoms with van der Waals surface area (Å²) in [6, 6.07) is 21.2. The summed E-state index contributed by atoms with van der Waals surface area (Å²) in [5.74, 6) is 0.790. The molecule has 0 fully saturated rings. The third kappa shape index (κ3) is 3.86. The van der Waals surface area contributed by atoms with E-state index >= 15 is 0 Å². The Morgan fingerprint density at radius 2 is 1.86 bits per heavy atom. The Balaban J connectivity index is 1.36. The van der Waals surface area contributed by atoms with Crippen LogP contribution in [0.5, 0.6) is 0 Å². The molecule has 138 valence electrons. The molecular formula is C23H20N4O. The van der Waals surface area contributed by atoms with Gasteiger partial charge in [0.05, 0.1) is 11.6 Å². The molecule has 0 spiro atoms. The Morgan fingerprint density at radius 1 is 1.07 bits per heavy atom. The van der Waals surface area contributed by atoms with E-state index in [0.717, 1.165) is 30.9 Å². The highest BCUT2D eigenvalue weighted by molar-refractivity contribution is 5.94. The van der Waals surface area contributed by atoms with E-state index in [4.69, 9.17) is 5.26 Å². The van der Waals surface area contributed by atoms with Crippen molar-refractivity contribution in [2.45, 2.75) is 19.5 Å². The standard InChI is InChI=1S/C23H20N4O/c24-13-17-5-8-20(9-6-17)23(28)26-15-18-7-10-22(25-14-18)27-12-11-19-3-1-2-4-21(19)16-27/h1-10,14H,11-12,15-16H2,(H,26,28). The van der Waals surface area contributed by atoms with Gasteiger partial charge in [0.15, 0.2) is 0 Å². The Kier molecular flexibility index (Phi) is 5.03. The maximum absolute atomic E-state index is 12.2. The Hall–Kier alpha value is -3.65. The lowest BCUT2D eigenvalue weighted by Crippen LogP contribution is -2.31. The Labute approximate surface area is 164 Å². The minimum Gasteiger partial charge on any atom is -0.352 e. The van der Waals surface area contributed by atoms with E-state index in [1.54, 1.807) is 24.3 Å². The number of pyridine rings is 1. The largest absolute Gasteiger partial charge is 0.352 e. The molecule has 1 aliphatic rings. The van der Waals surface area contributed by atoms with Gasteiger partial charge in [0, 0.05) is 31.4 Å². The highest BCUT2D eigenvalue weighted by atomic mass is 16.1. The lowest BCUT2D eigenvalue weighted by molar-refractivity contribution is 0.0951. The van der Waals surface area contributed by atoms with Crippen molar-refractivity contribution >= 4 is 11.7 Å². The fourth-order valence-corrected chi connectivity index (χ4v) is 3.38. The van der Waals surface area contributed by atoms with Crippen LogP contribution in [0.4, 0.5) is 5.82 Å². The van der Waals surface area contributed by atoms with Crippen molar-refractivity contribution in [1.82, 2.24) is 10.3 Å². The number of rotatable bonds is 4. The van der Waals surface area contributed by atoms with Crippen molar-refractivity contribution in [2.24, 2.45) is 0 Å². The van der Waals surface area contributed by atoms with Crippen LogP contribution in [-0.4, -0.2) is 17.4 Å². The third-order valence-corrected chi connectivity index (χ3v) is 4.99. The van der Waals surface area contributed by atoms with Gasteiger partial charge in [-0.2, -0.15) is 5.26 Å². The molecule has 1 N–H and O–H groups in total. The average Bonchev–Trinajstić information content (AvgIpc) is 2.77. The Morgan fingerprint density at radius 3 is 2.57 bits per heavy atom. The molecular weight excluding hydrogens is 348 g/mol. The summed E-state index contributed by atoms with van der Waals surface area (Å²) in [5.41, 5.74) is 4.80. The summed E-state index contributed by atoms with van der Waals surface area (Å²) >= 11 is 0. The molecule has 0 atom stereocenters. The van der Waals surface area contributed by atoms with Crippen molar-refractivity contribution in [1.29, 1.82) is 5.26 Å². The average molecular weight is 368 g/mol. The number of fused-ring (bicyclic) bond motifs is 1. The van der Waals surface area contributed by atoms with Crippen molar-refractivity contribution in [2.75, 3.05) is 11.4 Å². The van der Waals surface area contributed by atoms with Gasteiger partial charge in [-0.3, -0.25) is 4.79 Å². The number of nitrogens with one attached hydrogen (secondary N) is 1. The van der Waals surface area contributed by atoms with Crippen LogP contribution >= 0.6 is 0 Å². The number of anilines is 1. The number of nitriles is 1. The molecule has 2 aromatic carbocycles. The molecule has 1 amide bonds. The van der Waals surface area contributed by atoms with Gasteiger partial charge in [0.1, 0.15) is 5.82 Å². The van der Waals surface area contributed by atoms with Crippen molar-refractivity contribution in [3.63, 3.8) is 0 Å². The summed E-state index contributed by atoms with van der Waals surface area (Å²) in [4.78, 5) is 19.1. The van der Waals surface area contributed by atoms with Crippen molar-refractivity contribution in [3.8, 4) is 6.07 Å². The van der Waals surface area contributed by atoms with E-state index in [-0.39, 0.29) is 5.91 Å². The number of carbonyl (C=O) groups excluding carboxylic acids is 1. The highest BCUT2D eigenvalue weighted by Gasteiger charge is 2.16. The normalized spacial score (nSPS) is 12.8. The zero-order chi connectivity index (χ0) is 19.3. The molecule has 0 aliphatic carbocycles. The van der Waals surface area contributed by atoms with Gasteiger partial charge < -0.3 is 10.2 Å². The molecule has 2 heterocycles. The number of hydrogen-bond acceptors (Lipinski definition) is 4. The SMILES string of the molecule is N#Cc1ccc(C(=O)NCc2ccc(N3CCc4ccccc4C3)nc2)cc1. The lowest BCUT2D eigenvalue weighted by atomic mass is 10.00. The Bertz CT molecular complexity index is 1020. The van der Waals surface area contributed by atoms with Gasteiger partial charge in [-0.05, 0) is 53.4 Å². The van der Waals surface area contributed by atoms with Crippen molar-refractivity contribution in [3.05, 3.63) is 94.7 Å². The first-order chi connectivity index (χ1) is 13.7. The number of aromatic nitrogens is 1. The maximum atomic E-state index is 12.2. The highest BCUT2D eigenvalue weighted by Crippen LogP contribution is 2.23. The van der Waals surface area contributed by atoms with Gasteiger partial charge >= 0.3 is 0 Å². The molecule has 3 aromatic rings. The van der Waals surface area contributed by atoms with E-state index in [9.17, 15) is 4.79 Å². The third-order valence-electron chi connectivity index (χ3n) is 4.99. The molecule has 4 rings (SSSR count). The van der Waals surface area contributed by atoms with Crippen LogP contribution in [0, 0.1) is 11.3 Å². The molecule has 1 aliphatic heterocycles. The number of nitrogens with zero attached hydrogens (tertiary/aromatic N) is 3. The fraction of sp³-hybridized carbons (Fsp3) is 0.174. The van der Waals surface area contributed by atoms with E-state index in [0.29, 0.717) is 17.7 Å². The second-order valence-corrected chi connectivity index (χ2v) is 6.84. The first-order valence-corrected chi connectivity index (χ1v) is 9.28. The first kappa shape index (κ1) is 17.7. The smallest absolute Gasteiger partial charge is 0.251 e. The molecule has 1 aromatic heterocycles. The lowest BCUT2D eigenvalue weighted by Gasteiger charge is -2.29. The molecule has 5 heteroatoms. The molecule has 0 radical (unpaired) electrons. The van der Waals surface area contributed by atoms with Crippen LogP contribution in [0.25, 0.3) is 0 Å². The molecule has 0 saturated carbocycles. The monoisotopic (exact) mass is 368 g/mol. The summed E-state index contributed by atoms with van der Waals surface area (Å²) in [6.45, 7) is 2.24. The number of amides is 1. The van der Waals surface area contributed by atoms with Crippen LogP contribution in [0.3, 0.4) is 0 Å². The van der Waals surface area contributed by atoms with E-state index in [1.807, 2.05) is 24.4 Å². The molecule has 5 nitrogen and oxygen atoms in total. The molecule has 0 saturated heterocycles. The predicted octanol–water partition coefficient (Wildman–Crippen LogP) is 3.45. The predicted molar refractivity (Wildman–Crippen MR) is 108 cm³/mol. The van der Waals surface area contributed by atoms with Crippen molar-refractivity contribution < 1.29 is 4.79 Å². The fourth-order valence-electron chi connectivity index (χ4n) is 3.38. The van der Waals surface area contributed by atoms with E-state index in [2.05, 4.69) is 39.5 Å². The summed E-state index contributed by atoms with van der Waals surface area (Å²) < 4.78 is 0. The second kappa shape index (κ2) is 7.93. The molecule has 0 bridgehead atoms. The van der Waals surface area contributed by atoms with E-state index < -0.39 is 0 Å². The second-order valence-electron chi connectivity index (χ2n) is 6.84. The number of carbonyl (C=O) groups is 1. The van der Waals surface area contributed by atoms with Gasteiger partial charge in [-0.1, -0.05) is 30.3 Å². The van der Waals surface area contributed by atoms with Gasteiger partial charge in [-0.15, -0.1) is 0 Å². The van der Waals surface area contributed by atoms with Gasteiger partial charge in [0.2, 0.25) is 0 Å². The van der Waals surface area contributed by atoms with Gasteiger partial charge in [-0.25, -0.2) is 4.98 Å². The van der Waals surface area contributed by atoms with Crippen LogP contribution in [0.1, 0.15) is 32.6 Å². The number of hydrogen-bond donors (Lipinski definition) is 1. The van der Waals surface area contributed by atoms with E-state index in [1.165, 1.54) is 11.1 Å². The van der Waals surface area contributed by atoms with Crippen LogP contribution < -0.4 is 10.2 Å².